The molecule has 2 rings (SSSR count). The summed E-state index contributed by atoms with van der Waals surface area (Å²) in [5, 5.41) is 29.1. The maximum absolute atomic E-state index is 12.6. The van der Waals surface area contributed by atoms with Gasteiger partial charge in [0.05, 0.1) is 31.8 Å². The van der Waals surface area contributed by atoms with Crippen LogP contribution in [0.5, 0.6) is 5.75 Å². The highest BCUT2D eigenvalue weighted by Crippen LogP contribution is 2.38. The van der Waals surface area contributed by atoms with Crippen molar-refractivity contribution in [2.24, 2.45) is 17.8 Å². The van der Waals surface area contributed by atoms with E-state index in [0.717, 1.165) is 11.1 Å². The summed E-state index contributed by atoms with van der Waals surface area (Å²) in [4.78, 5) is 56.6. The zero-order chi connectivity index (χ0) is 31.5. The molecule has 1 aliphatic carbocycles. The SMILES string of the molecule is CC(=O)CC(=O)C(CO)C(CCO)CC1CC(=O)c2c(O)ccc(C)c2C1.CCOC(=O)CC.CCOC(=O)CC.O.[HH].[HH]. The minimum atomic E-state index is -0.720. The molecule has 0 saturated heterocycles. The van der Waals surface area contributed by atoms with Gasteiger partial charge >= 0.3 is 11.9 Å². The first-order valence-corrected chi connectivity index (χ1v) is 14.3. The molecule has 11 nitrogen and oxygen atoms in total. The number of fused-ring (bicyclic) bond motifs is 1. The highest BCUT2D eigenvalue weighted by molar-refractivity contribution is 6.01. The normalized spacial score (nSPS) is 14.8. The van der Waals surface area contributed by atoms with Crippen LogP contribution in [0.4, 0.5) is 0 Å². The quantitative estimate of drug-likeness (QED) is 0.222. The summed E-state index contributed by atoms with van der Waals surface area (Å²) in [5.41, 5.74) is 2.15. The highest BCUT2D eigenvalue weighted by atomic mass is 16.5. The van der Waals surface area contributed by atoms with Gasteiger partial charge in [-0.25, -0.2) is 0 Å². The van der Waals surface area contributed by atoms with E-state index in [2.05, 4.69) is 9.47 Å². The third-order valence-electron chi connectivity index (χ3n) is 6.70. The number of phenolic OH excluding ortho intramolecular Hbond substituents is 1. The number of carbonyl (C=O) groups excluding carboxylic acids is 5. The van der Waals surface area contributed by atoms with Crippen LogP contribution in [0, 0.1) is 24.7 Å². The number of aliphatic hydroxyl groups is 2. The molecule has 0 spiro atoms. The van der Waals surface area contributed by atoms with Crippen LogP contribution in [0.15, 0.2) is 12.1 Å². The molecular weight excluding hydrogens is 548 g/mol. The Bertz CT molecular complexity index is 997. The van der Waals surface area contributed by atoms with E-state index in [9.17, 15) is 39.3 Å². The Balaban J connectivity index is -0.000000394. The summed E-state index contributed by atoms with van der Waals surface area (Å²) in [6.07, 6.45) is 2.41. The minimum absolute atomic E-state index is 0. The van der Waals surface area contributed by atoms with Gasteiger partial charge in [0, 0.05) is 34.6 Å². The zero-order valence-corrected chi connectivity index (χ0v) is 25.9. The molecule has 0 radical (unpaired) electrons. The number of phenols is 1. The first-order valence-electron chi connectivity index (χ1n) is 14.3. The molecule has 0 aromatic heterocycles. The van der Waals surface area contributed by atoms with Crippen LogP contribution in [-0.4, -0.2) is 76.5 Å². The predicted molar refractivity (Wildman–Crippen MR) is 161 cm³/mol. The number of ketones is 3. The first-order chi connectivity index (χ1) is 19.4. The van der Waals surface area contributed by atoms with Crippen molar-refractivity contribution in [3.8, 4) is 5.75 Å². The van der Waals surface area contributed by atoms with Crippen molar-refractivity contribution in [2.45, 2.75) is 86.5 Å². The molecule has 244 valence electrons. The van der Waals surface area contributed by atoms with Gasteiger partial charge in [0.25, 0.3) is 0 Å². The van der Waals surface area contributed by atoms with Crippen molar-refractivity contribution in [3.63, 3.8) is 0 Å². The molecule has 0 saturated carbocycles. The van der Waals surface area contributed by atoms with Gasteiger partial charge in [0.2, 0.25) is 0 Å². The molecule has 11 heteroatoms. The van der Waals surface area contributed by atoms with Gasteiger partial charge in [-0.05, 0) is 76.0 Å². The largest absolute Gasteiger partial charge is 0.507 e. The van der Waals surface area contributed by atoms with E-state index in [1.165, 1.54) is 13.0 Å². The number of aliphatic hydroxyl groups excluding tert-OH is 2. The summed E-state index contributed by atoms with van der Waals surface area (Å²) < 4.78 is 9.10. The molecule has 42 heavy (non-hydrogen) atoms. The zero-order valence-electron chi connectivity index (χ0n) is 25.9. The number of carbonyl (C=O) groups is 5. The van der Waals surface area contributed by atoms with Gasteiger partial charge in [-0.1, -0.05) is 19.9 Å². The molecule has 1 aromatic carbocycles. The first kappa shape index (κ1) is 41.0. The Morgan fingerprint density at radius 3 is 1.93 bits per heavy atom. The second-order valence-corrected chi connectivity index (χ2v) is 9.91. The number of ether oxygens (including phenoxy) is 2. The van der Waals surface area contributed by atoms with E-state index in [-0.39, 0.29) is 81.3 Å². The smallest absolute Gasteiger partial charge is 0.305 e. The van der Waals surface area contributed by atoms with Crippen LogP contribution in [0.3, 0.4) is 0 Å². The van der Waals surface area contributed by atoms with Crippen LogP contribution < -0.4 is 0 Å². The van der Waals surface area contributed by atoms with Gasteiger partial charge in [0.15, 0.2) is 5.78 Å². The average molecular weight is 603 g/mol. The topological polar surface area (TPSA) is 196 Å². The molecular formula is C31H54O11. The third kappa shape index (κ3) is 14.7. The fourth-order valence-corrected chi connectivity index (χ4v) is 4.70. The Labute approximate surface area is 251 Å². The van der Waals surface area contributed by atoms with Gasteiger partial charge in [0.1, 0.15) is 17.3 Å². The van der Waals surface area contributed by atoms with Crippen molar-refractivity contribution in [3.05, 3.63) is 28.8 Å². The number of aryl methyl sites for hydroxylation is 1. The van der Waals surface area contributed by atoms with E-state index < -0.39 is 5.92 Å². The number of Topliss-reactive ketones (excluding diaryl/α,β-unsaturated/α-hetero) is 3. The molecule has 0 bridgehead atoms. The van der Waals surface area contributed by atoms with Crippen molar-refractivity contribution in [1.29, 1.82) is 0 Å². The average Bonchev–Trinajstić information content (AvgIpc) is 2.91. The third-order valence-corrected chi connectivity index (χ3v) is 6.70. The van der Waals surface area contributed by atoms with Gasteiger partial charge in [-0.2, -0.15) is 0 Å². The van der Waals surface area contributed by atoms with Gasteiger partial charge < -0.3 is 30.3 Å². The molecule has 1 aromatic rings. The molecule has 0 aliphatic heterocycles. The Hall–Kier alpha value is -3.15. The standard InChI is InChI=1S/C21H28O6.2C5H10O2.H2O.2H2/c1-12-3-4-18(25)21-16(12)9-14(10-20(21)27)8-15(5-6-22)17(11-23)19(26)7-13(2)24;2*1-3-5(6)7-4-2;;;/h3-4,14-15,17,22-23,25H,5-11H2,1-2H3;2*3-4H2,1-2H3;1H2;2*1H. The maximum Gasteiger partial charge on any atom is 0.305 e. The summed E-state index contributed by atoms with van der Waals surface area (Å²) in [6, 6.07) is 3.31. The maximum atomic E-state index is 12.6. The van der Waals surface area contributed by atoms with Crippen molar-refractivity contribution in [2.75, 3.05) is 26.4 Å². The van der Waals surface area contributed by atoms with E-state index in [1.807, 2.05) is 6.92 Å². The number of rotatable bonds is 13. The molecule has 3 unspecified atom stereocenters. The molecule has 1 aliphatic rings. The minimum Gasteiger partial charge on any atom is -0.507 e. The lowest BCUT2D eigenvalue weighted by Crippen LogP contribution is -2.32. The highest BCUT2D eigenvalue weighted by Gasteiger charge is 2.34. The van der Waals surface area contributed by atoms with Crippen LogP contribution in [0.2, 0.25) is 0 Å². The van der Waals surface area contributed by atoms with E-state index >= 15 is 0 Å². The van der Waals surface area contributed by atoms with E-state index in [1.54, 1.807) is 33.8 Å². The number of aromatic hydroxyl groups is 1. The molecule has 0 amide bonds. The second kappa shape index (κ2) is 22.4. The summed E-state index contributed by atoms with van der Waals surface area (Å²) in [7, 11) is 0. The number of hydrogen-bond donors (Lipinski definition) is 3. The molecule has 5 N–H and O–H groups in total. The summed E-state index contributed by atoms with van der Waals surface area (Å²) >= 11 is 0. The van der Waals surface area contributed by atoms with Crippen LogP contribution >= 0.6 is 0 Å². The van der Waals surface area contributed by atoms with Gasteiger partial charge in [-0.15, -0.1) is 0 Å². The Morgan fingerprint density at radius 2 is 1.52 bits per heavy atom. The van der Waals surface area contributed by atoms with E-state index in [0.29, 0.717) is 50.9 Å². The fourth-order valence-electron chi connectivity index (χ4n) is 4.70. The van der Waals surface area contributed by atoms with Gasteiger partial charge in [-0.3, -0.25) is 24.0 Å². The lowest BCUT2D eigenvalue weighted by molar-refractivity contribution is -0.143. The lowest BCUT2D eigenvalue weighted by atomic mass is 9.73. The number of hydrogen-bond acceptors (Lipinski definition) is 10. The second-order valence-electron chi connectivity index (χ2n) is 9.91. The molecule has 0 fully saturated rings. The number of esters is 2. The predicted octanol–water partition coefficient (Wildman–Crippen LogP) is 3.58. The van der Waals surface area contributed by atoms with Crippen LogP contribution in [-0.2, 0) is 35.1 Å². The van der Waals surface area contributed by atoms with Crippen LogP contribution in [0.25, 0.3) is 0 Å². The van der Waals surface area contributed by atoms with Crippen molar-refractivity contribution < 1.29 is 57.1 Å². The fraction of sp³-hybridized carbons (Fsp3) is 0.645. The molecule has 3 atom stereocenters. The molecule has 0 heterocycles. The van der Waals surface area contributed by atoms with Crippen molar-refractivity contribution >= 4 is 29.3 Å². The Kier molecular flexibility index (Phi) is 21.9. The summed E-state index contributed by atoms with van der Waals surface area (Å²) in [6.45, 7) is 10.8. The summed E-state index contributed by atoms with van der Waals surface area (Å²) in [5.74, 6) is -2.01. The van der Waals surface area contributed by atoms with Crippen LogP contribution in [0.1, 0.15) is 97.5 Å². The lowest BCUT2D eigenvalue weighted by Gasteiger charge is -2.31. The number of benzene rings is 1. The van der Waals surface area contributed by atoms with Crippen molar-refractivity contribution in [1.82, 2.24) is 0 Å². The monoisotopic (exact) mass is 602 g/mol. The Morgan fingerprint density at radius 1 is 0.976 bits per heavy atom. The van der Waals surface area contributed by atoms with E-state index in [4.69, 9.17) is 0 Å².